The van der Waals surface area contributed by atoms with Crippen molar-refractivity contribution in [1.82, 2.24) is 14.8 Å². The van der Waals surface area contributed by atoms with E-state index in [-0.39, 0.29) is 5.91 Å². The Kier molecular flexibility index (Phi) is 4.99. The van der Waals surface area contributed by atoms with Crippen molar-refractivity contribution in [2.75, 3.05) is 19.6 Å². The summed E-state index contributed by atoms with van der Waals surface area (Å²) in [6, 6.07) is 11.3. The van der Waals surface area contributed by atoms with E-state index < -0.39 is 0 Å². The summed E-state index contributed by atoms with van der Waals surface area (Å²) >= 11 is 1.56. The number of rotatable bonds is 2. The van der Waals surface area contributed by atoms with Gasteiger partial charge in [0.1, 0.15) is 9.88 Å². The van der Waals surface area contributed by atoms with Crippen molar-refractivity contribution in [1.29, 1.82) is 0 Å². The van der Waals surface area contributed by atoms with Gasteiger partial charge in [0.2, 0.25) is 0 Å². The second-order valence-electron chi connectivity index (χ2n) is 9.81. The Hall–Kier alpha value is -1.98. The number of thiazole rings is 1. The van der Waals surface area contributed by atoms with Crippen LogP contribution in [-0.2, 0) is 0 Å². The molecule has 1 aromatic carbocycles. The standard InChI is InChI=1S/C26H31N3OS/c1-17-24(31-25(27-17)18-8-3-2-4-9-18)26(30)29-13-7-10-19-14-20-15-21(23(19)29)16-28-12-6-5-11-22(20)28/h2-4,8-9,14,20-23H,5-7,10-13,15-16H2,1H3/t20?,21?,22-,23-/m1/s1. The van der Waals surface area contributed by atoms with Gasteiger partial charge >= 0.3 is 0 Å². The molecule has 1 aliphatic carbocycles. The first-order chi connectivity index (χ1) is 15.2. The molecule has 0 radical (unpaired) electrons. The Morgan fingerprint density at radius 3 is 2.87 bits per heavy atom. The molecule has 4 nitrogen and oxygen atoms in total. The van der Waals surface area contributed by atoms with Gasteiger partial charge in [0.15, 0.2) is 0 Å². The molecule has 1 aromatic heterocycles. The zero-order valence-corrected chi connectivity index (χ0v) is 19.1. The maximum atomic E-state index is 13.8. The third-order valence-electron chi connectivity index (χ3n) is 7.93. The van der Waals surface area contributed by atoms with Crippen LogP contribution < -0.4 is 0 Å². The molecule has 4 heterocycles. The van der Waals surface area contributed by atoms with Crippen LogP contribution in [0.1, 0.15) is 53.9 Å². The third kappa shape index (κ3) is 3.37. The van der Waals surface area contributed by atoms with E-state index in [1.807, 2.05) is 25.1 Å². The maximum Gasteiger partial charge on any atom is 0.266 e. The highest BCUT2D eigenvalue weighted by molar-refractivity contribution is 7.17. The normalized spacial score (nSPS) is 30.4. The molecule has 4 aliphatic rings. The van der Waals surface area contributed by atoms with E-state index >= 15 is 0 Å². The molecule has 3 aliphatic heterocycles. The van der Waals surface area contributed by atoms with Gasteiger partial charge in [0.25, 0.3) is 5.91 Å². The Bertz CT molecular complexity index is 1010. The highest BCUT2D eigenvalue weighted by Gasteiger charge is 2.47. The molecule has 5 heteroatoms. The van der Waals surface area contributed by atoms with E-state index in [2.05, 4.69) is 28.0 Å². The van der Waals surface area contributed by atoms with E-state index in [1.54, 1.807) is 16.9 Å². The van der Waals surface area contributed by atoms with Crippen molar-refractivity contribution in [3.05, 3.63) is 52.6 Å². The lowest BCUT2D eigenvalue weighted by molar-refractivity contribution is 0.00159. The first-order valence-electron chi connectivity index (χ1n) is 12.0. The zero-order chi connectivity index (χ0) is 20.9. The highest BCUT2D eigenvalue weighted by Crippen LogP contribution is 2.45. The number of hydrogen-bond acceptors (Lipinski definition) is 4. The number of carbonyl (C=O) groups is 1. The second-order valence-corrected chi connectivity index (χ2v) is 10.8. The van der Waals surface area contributed by atoms with Gasteiger partial charge < -0.3 is 4.90 Å². The molecule has 2 unspecified atom stereocenters. The molecule has 0 spiro atoms. The first kappa shape index (κ1) is 19.7. The quantitative estimate of drug-likeness (QED) is 0.614. The third-order valence-corrected chi connectivity index (χ3v) is 9.12. The Morgan fingerprint density at radius 1 is 1.13 bits per heavy atom. The van der Waals surface area contributed by atoms with Gasteiger partial charge in [-0.25, -0.2) is 4.98 Å². The van der Waals surface area contributed by atoms with Crippen molar-refractivity contribution in [2.24, 2.45) is 11.8 Å². The number of nitrogens with zero attached hydrogens (tertiary/aromatic N) is 3. The maximum absolute atomic E-state index is 13.8. The molecule has 2 aromatic rings. The number of aromatic nitrogens is 1. The lowest BCUT2D eigenvalue weighted by Gasteiger charge is -2.54. The Morgan fingerprint density at radius 2 is 2.00 bits per heavy atom. The fraction of sp³-hybridized carbons (Fsp3) is 0.538. The molecular formula is C26H31N3OS. The number of amides is 1. The molecule has 6 rings (SSSR count). The van der Waals surface area contributed by atoms with Crippen LogP contribution >= 0.6 is 11.3 Å². The molecule has 162 valence electrons. The summed E-state index contributed by atoms with van der Waals surface area (Å²) in [7, 11) is 0. The van der Waals surface area contributed by atoms with Gasteiger partial charge in [-0.3, -0.25) is 9.69 Å². The molecule has 1 amide bonds. The molecule has 3 fully saturated rings. The monoisotopic (exact) mass is 433 g/mol. The smallest absolute Gasteiger partial charge is 0.266 e. The van der Waals surface area contributed by atoms with Gasteiger partial charge in [-0.1, -0.05) is 48.4 Å². The highest BCUT2D eigenvalue weighted by atomic mass is 32.1. The molecule has 3 saturated heterocycles. The van der Waals surface area contributed by atoms with Crippen LogP contribution in [0.25, 0.3) is 10.6 Å². The number of carbonyl (C=O) groups excluding carboxylic acids is 1. The molecule has 4 atom stereocenters. The van der Waals surface area contributed by atoms with E-state index in [0.29, 0.717) is 17.9 Å². The number of likely N-dealkylation sites (tertiary alicyclic amines) is 1. The molecule has 31 heavy (non-hydrogen) atoms. The van der Waals surface area contributed by atoms with Crippen molar-refractivity contribution in [3.63, 3.8) is 0 Å². The minimum Gasteiger partial charge on any atom is -0.331 e. The van der Waals surface area contributed by atoms with Gasteiger partial charge in [0.05, 0.1) is 11.7 Å². The number of piperidine rings is 3. The van der Waals surface area contributed by atoms with Crippen LogP contribution in [0.2, 0.25) is 0 Å². The summed E-state index contributed by atoms with van der Waals surface area (Å²) in [5, 5.41) is 0.951. The van der Waals surface area contributed by atoms with Crippen molar-refractivity contribution >= 4 is 17.2 Å². The van der Waals surface area contributed by atoms with Gasteiger partial charge in [-0.15, -0.1) is 11.3 Å². The lowest BCUT2D eigenvalue weighted by atomic mass is 9.68. The fourth-order valence-electron chi connectivity index (χ4n) is 6.63. The van der Waals surface area contributed by atoms with Gasteiger partial charge in [-0.05, 0) is 57.4 Å². The zero-order valence-electron chi connectivity index (χ0n) is 18.3. The van der Waals surface area contributed by atoms with Crippen molar-refractivity contribution in [2.45, 2.75) is 57.5 Å². The van der Waals surface area contributed by atoms with Gasteiger partial charge in [-0.2, -0.15) is 0 Å². The average Bonchev–Trinajstić information content (AvgIpc) is 3.20. The molecule has 2 bridgehead atoms. The minimum atomic E-state index is 0.201. The largest absolute Gasteiger partial charge is 0.331 e. The summed E-state index contributed by atoms with van der Waals surface area (Å²) < 4.78 is 0. The fourth-order valence-corrected chi connectivity index (χ4v) is 7.66. The Labute approximate surface area is 189 Å². The van der Waals surface area contributed by atoms with E-state index in [9.17, 15) is 4.79 Å². The van der Waals surface area contributed by atoms with Crippen LogP contribution in [0, 0.1) is 18.8 Å². The van der Waals surface area contributed by atoms with Crippen LogP contribution in [0.15, 0.2) is 42.0 Å². The Balaban J connectivity index is 1.31. The van der Waals surface area contributed by atoms with Crippen LogP contribution in [0.5, 0.6) is 0 Å². The summed E-state index contributed by atoms with van der Waals surface area (Å²) in [6.07, 6.45) is 10.2. The lowest BCUT2D eigenvalue weighted by Crippen LogP contribution is -2.60. The first-order valence-corrected chi connectivity index (χ1v) is 12.8. The van der Waals surface area contributed by atoms with Crippen LogP contribution in [-0.4, -0.2) is 52.4 Å². The topological polar surface area (TPSA) is 36.4 Å². The van der Waals surface area contributed by atoms with E-state index in [1.165, 1.54) is 45.2 Å². The van der Waals surface area contributed by atoms with Crippen LogP contribution in [0.3, 0.4) is 0 Å². The molecule has 0 N–H and O–H groups in total. The predicted octanol–water partition coefficient (Wildman–Crippen LogP) is 5.15. The molecular weight excluding hydrogens is 402 g/mol. The minimum absolute atomic E-state index is 0.201. The molecule has 0 saturated carbocycles. The van der Waals surface area contributed by atoms with Crippen LogP contribution in [0.4, 0.5) is 0 Å². The number of aryl methyl sites for hydroxylation is 1. The number of hydrogen-bond donors (Lipinski definition) is 0. The summed E-state index contributed by atoms with van der Waals surface area (Å²) in [5.74, 6) is 1.49. The van der Waals surface area contributed by atoms with Crippen molar-refractivity contribution < 1.29 is 4.79 Å². The van der Waals surface area contributed by atoms with Gasteiger partial charge in [0, 0.05) is 24.7 Å². The van der Waals surface area contributed by atoms with E-state index in [4.69, 9.17) is 4.98 Å². The second kappa shape index (κ2) is 7.86. The summed E-state index contributed by atoms with van der Waals surface area (Å²) in [5.41, 5.74) is 3.52. The summed E-state index contributed by atoms with van der Waals surface area (Å²) in [6.45, 7) is 5.29. The van der Waals surface area contributed by atoms with Crippen molar-refractivity contribution in [3.8, 4) is 10.6 Å². The van der Waals surface area contributed by atoms with E-state index in [0.717, 1.165) is 40.1 Å². The number of fused-ring (bicyclic) bond motifs is 6. The average molecular weight is 434 g/mol. The SMILES string of the molecule is Cc1nc(-c2ccccc2)sc1C(=O)N1CCCC2=CC3CC(CN4CCCC[C@H]34)[C@@H]21. The number of benzene rings is 1. The predicted molar refractivity (Wildman–Crippen MR) is 125 cm³/mol. The summed E-state index contributed by atoms with van der Waals surface area (Å²) in [4.78, 5) is 24.4.